The zero-order chi connectivity index (χ0) is 20.1. The zero-order valence-electron chi connectivity index (χ0n) is 17.8. The molecule has 1 aromatic carbocycles. The molecular weight excluding hydrogens is 358 g/mol. The lowest BCUT2D eigenvalue weighted by Gasteiger charge is -2.41. The van der Waals surface area contributed by atoms with E-state index in [9.17, 15) is 0 Å². The number of methoxy groups -OCH3 is 2. The quantitative estimate of drug-likeness (QED) is 0.619. The second-order valence-corrected chi connectivity index (χ2v) is 8.35. The summed E-state index contributed by atoms with van der Waals surface area (Å²) in [5, 5.41) is 7.68. The first-order valence-corrected chi connectivity index (χ1v) is 10.4. The fourth-order valence-corrected chi connectivity index (χ4v) is 4.42. The van der Waals surface area contributed by atoms with Crippen LogP contribution in [0.3, 0.4) is 0 Å². The van der Waals surface area contributed by atoms with Crippen molar-refractivity contribution >= 4 is 17.3 Å². The van der Waals surface area contributed by atoms with E-state index < -0.39 is 0 Å². The highest BCUT2D eigenvalue weighted by Gasteiger charge is 2.39. The molecule has 0 radical (unpaired) electrons. The van der Waals surface area contributed by atoms with Gasteiger partial charge in [-0.2, -0.15) is 0 Å². The molecule has 0 bridgehead atoms. The Balaban J connectivity index is 2.46. The van der Waals surface area contributed by atoms with Crippen LogP contribution < -0.4 is 25.0 Å². The van der Waals surface area contributed by atoms with Crippen LogP contribution in [0.1, 0.15) is 51.8 Å². The number of ether oxygens (including phenoxy) is 2. The number of thiocarbonyl (C=S) groups is 1. The van der Waals surface area contributed by atoms with Gasteiger partial charge in [-0.15, -0.1) is 0 Å². The van der Waals surface area contributed by atoms with Gasteiger partial charge in [0.2, 0.25) is 0 Å². The summed E-state index contributed by atoms with van der Waals surface area (Å²) < 4.78 is 11.1. The molecule has 0 spiro atoms. The van der Waals surface area contributed by atoms with Crippen LogP contribution in [0.5, 0.6) is 11.5 Å². The average Bonchev–Trinajstić information content (AvgIpc) is 2.63. The molecule has 0 aliphatic carbocycles. The van der Waals surface area contributed by atoms with Crippen LogP contribution in [0.15, 0.2) is 12.1 Å². The number of quaternary nitrogens is 1. The highest BCUT2D eigenvalue weighted by molar-refractivity contribution is 7.80. The van der Waals surface area contributed by atoms with Crippen molar-refractivity contribution in [3.8, 4) is 11.5 Å². The van der Waals surface area contributed by atoms with Crippen molar-refractivity contribution in [2.75, 3.05) is 27.3 Å². The van der Waals surface area contributed by atoms with Crippen molar-refractivity contribution in [3.05, 3.63) is 23.3 Å². The molecule has 27 heavy (non-hydrogen) atoms. The van der Waals surface area contributed by atoms with Crippen LogP contribution in [0, 0.1) is 5.92 Å². The predicted molar refractivity (Wildman–Crippen MR) is 115 cm³/mol. The van der Waals surface area contributed by atoms with E-state index >= 15 is 0 Å². The minimum atomic E-state index is 0.232. The third-order valence-electron chi connectivity index (χ3n) is 5.38. The molecule has 3 atom stereocenters. The zero-order valence-corrected chi connectivity index (χ0v) is 18.6. The van der Waals surface area contributed by atoms with Gasteiger partial charge in [0.05, 0.1) is 33.4 Å². The maximum Gasteiger partial charge on any atom is 0.166 e. The topological polar surface area (TPSA) is 47.0 Å². The summed E-state index contributed by atoms with van der Waals surface area (Å²) in [6.45, 7) is 13.2. The van der Waals surface area contributed by atoms with Crippen molar-refractivity contribution in [1.29, 1.82) is 0 Å². The lowest BCUT2D eigenvalue weighted by atomic mass is 9.83. The molecule has 2 rings (SSSR count). The van der Waals surface area contributed by atoms with Gasteiger partial charge in [0.25, 0.3) is 0 Å². The Morgan fingerprint density at radius 3 is 2.30 bits per heavy atom. The smallest absolute Gasteiger partial charge is 0.166 e. The molecule has 5 nitrogen and oxygen atoms in total. The van der Waals surface area contributed by atoms with Crippen LogP contribution in [0.2, 0.25) is 0 Å². The maximum absolute atomic E-state index is 5.60. The van der Waals surface area contributed by atoms with E-state index in [1.165, 1.54) is 11.1 Å². The molecule has 0 aromatic heterocycles. The number of hydrogen-bond donors (Lipinski definition) is 3. The number of hydrogen-bond acceptors (Lipinski definition) is 3. The van der Waals surface area contributed by atoms with E-state index in [0.717, 1.165) is 36.1 Å². The number of likely N-dealkylation sites (N-methyl/N-ethyl adjacent to an activating group) is 1. The van der Waals surface area contributed by atoms with Crippen molar-refractivity contribution in [2.24, 2.45) is 5.92 Å². The van der Waals surface area contributed by atoms with E-state index in [4.69, 9.17) is 21.7 Å². The third-order valence-corrected chi connectivity index (χ3v) is 5.62. The lowest BCUT2D eigenvalue weighted by Crippen LogP contribution is -3.14. The second-order valence-electron chi connectivity index (χ2n) is 7.94. The van der Waals surface area contributed by atoms with Crippen molar-refractivity contribution in [3.63, 3.8) is 0 Å². The minimum absolute atomic E-state index is 0.232. The number of benzene rings is 1. The average molecular weight is 395 g/mol. The summed E-state index contributed by atoms with van der Waals surface area (Å²) in [7, 11) is 3.40. The van der Waals surface area contributed by atoms with Gasteiger partial charge in [-0.1, -0.05) is 13.8 Å². The molecule has 0 fully saturated rings. The van der Waals surface area contributed by atoms with Gasteiger partial charge in [-0.05, 0) is 56.6 Å². The minimum Gasteiger partial charge on any atom is -0.493 e. The second kappa shape index (κ2) is 9.60. The molecule has 0 saturated heterocycles. The standard InChI is InChI=1S/C21H35N3O2S/c1-8-24-10-9-15-11-17(25-6)18(26-7)12-16(15)20(24)19(13(2)3)23-21(27)22-14(4)5/h11-14,19-20H,8-10H2,1-7H3,(H2,22,23,27)/p+1/t19-,20-/m1/s1. The molecule has 1 aromatic rings. The first kappa shape index (κ1) is 21.8. The molecule has 1 heterocycles. The predicted octanol–water partition coefficient (Wildman–Crippen LogP) is 2.10. The van der Waals surface area contributed by atoms with Gasteiger partial charge in [0, 0.05) is 18.0 Å². The summed E-state index contributed by atoms with van der Waals surface area (Å²) in [6, 6.07) is 5.18. The van der Waals surface area contributed by atoms with E-state index in [0.29, 0.717) is 18.0 Å². The Bertz CT molecular complexity index is 649. The Morgan fingerprint density at radius 1 is 1.15 bits per heavy atom. The summed E-state index contributed by atoms with van der Waals surface area (Å²) in [6.07, 6.45) is 1.05. The monoisotopic (exact) mass is 394 g/mol. The van der Waals surface area contributed by atoms with Crippen LogP contribution in [0.25, 0.3) is 0 Å². The molecule has 1 unspecified atom stereocenters. The Morgan fingerprint density at radius 2 is 1.78 bits per heavy atom. The third kappa shape index (κ3) is 5.05. The van der Waals surface area contributed by atoms with Gasteiger partial charge < -0.3 is 25.0 Å². The molecular formula is C21H36N3O2S+. The first-order valence-electron chi connectivity index (χ1n) is 9.98. The first-order chi connectivity index (χ1) is 12.8. The van der Waals surface area contributed by atoms with E-state index in [1.807, 2.05) is 0 Å². The number of nitrogens with one attached hydrogen (secondary N) is 3. The highest BCUT2D eigenvalue weighted by Crippen LogP contribution is 2.35. The molecule has 6 heteroatoms. The van der Waals surface area contributed by atoms with Crippen LogP contribution >= 0.6 is 12.2 Å². The Kier molecular flexibility index (Phi) is 7.74. The largest absolute Gasteiger partial charge is 0.493 e. The fourth-order valence-electron chi connectivity index (χ4n) is 4.05. The number of rotatable bonds is 7. The summed E-state index contributed by atoms with van der Waals surface area (Å²) >= 11 is 5.58. The molecule has 152 valence electrons. The highest BCUT2D eigenvalue weighted by atomic mass is 32.1. The lowest BCUT2D eigenvalue weighted by molar-refractivity contribution is -0.934. The van der Waals surface area contributed by atoms with Crippen LogP contribution in [0.4, 0.5) is 0 Å². The summed E-state index contributed by atoms with van der Waals surface area (Å²) in [5.41, 5.74) is 2.69. The normalized spacial score (nSPS) is 20.2. The molecule has 0 amide bonds. The van der Waals surface area contributed by atoms with E-state index in [-0.39, 0.29) is 6.04 Å². The number of fused-ring (bicyclic) bond motifs is 1. The van der Waals surface area contributed by atoms with Gasteiger partial charge in [-0.3, -0.25) is 0 Å². The van der Waals surface area contributed by atoms with Gasteiger partial charge in [-0.25, -0.2) is 0 Å². The molecule has 0 saturated carbocycles. The summed E-state index contributed by atoms with van der Waals surface area (Å²) in [5.74, 6) is 2.03. The molecule has 1 aliphatic heterocycles. The summed E-state index contributed by atoms with van der Waals surface area (Å²) in [4.78, 5) is 1.58. The molecule has 3 N–H and O–H groups in total. The van der Waals surface area contributed by atoms with Gasteiger partial charge in [0.1, 0.15) is 6.04 Å². The maximum atomic E-state index is 5.60. The van der Waals surface area contributed by atoms with E-state index in [2.05, 4.69) is 57.4 Å². The Labute approximate surface area is 169 Å². The SMILES string of the molecule is CC[NH+]1CCc2cc(OC)c(OC)cc2[C@@H]1[C@H](NC(=S)NC(C)C)C(C)C. The van der Waals surface area contributed by atoms with Crippen molar-refractivity contribution in [1.82, 2.24) is 10.6 Å². The van der Waals surface area contributed by atoms with Crippen molar-refractivity contribution in [2.45, 2.75) is 59.2 Å². The van der Waals surface area contributed by atoms with E-state index in [1.54, 1.807) is 19.1 Å². The van der Waals surface area contributed by atoms with Crippen LogP contribution in [-0.4, -0.2) is 44.5 Å². The van der Waals surface area contributed by atoms with Gasteiger partial charge in [0.15, 0.2) is 16.6 Å². The fraction of sp³-hybridized carbons (Fsp3) is 0.667. The Hall–Kier alpha value is -1.53. The van der Waals surface area contributed by atoms with Crippen LogP contribution in [-0.2, 0) is 6.42 Å². The van der Waals surface area contributed by atoms with Crippen molar-refractivity contribution < 1.29 is 14.4 Å². The van der Waals surface area contributed by atoms with Gasteiger partial charge >= 0.3 is 0 Å². The molecule has 1 aliphatic rings.